The molecule has 4 nitrogen and oxygen atoms in total. The molecule has 0 aromatic heterocycles. The van der Waals surface area contributed by atoms with Crippen molar-refractivity contribution in [2.45, 2.75) is 77.2 Å². The van der Waals surface area contributed by atoms with Crippen LogP contribution in [0.4, 0.5) is 4.79 Å². The highest BCUT2D eigenvalue weighted by molar-refractivity contribution is 5.60. The molecule has 2 spiro atoms. The van der Waals surface area contributed by atoms with Crippen molar-refractivity contribution >= 4 is 6.16 Å². The number of hydrogen-bond donors (Lipinski definition) is 0. The van der Waals surface area contributed by atoms with Gasteiger partial charge in [0.1, 0.15) is 5.75 Å². The molecule has 0 aliphatic heterocycles. The van der Waals surface area contributed by atoms with Crippen LogP contribution in [0.15, 0.2) is 18.2 Å². The summed E-state index contributed by atoms with van der Waals surface area (Å²) >= 11 is 0. The molecule has 2 fully saturated rings. The Morgan fingerprint density at radius 2 is 2.10 bits per heavy atom. The Hall–Kier alpha value is -2.15. The van der Waals surface area contributed by atoms with Crippen LogP contribution in [-0.4, -0.2) is 19.1 Å². The van der Waals surface area contributed by atoms with Gasteiger partial charge in [-0.2, -0.15) is 0 Å². The second-order valence-corrected chi connectivity index (χ2v) is 10.00. The Labute approximate surface area is 173 Å². The molecule has 1 aromatic carbocycles. The predicted molar refractivity (Wildman–Crippen MR) is 110 cm³/mol. The lowest BCUT2D eigenvalue weighted by molar-refractivity contribution is -0.00828. The third-order valence-electron chi connectivity index (χ3n) is 8.11. The summed E-state index contributed by atoms with van der Waals surface area (Å²) in [6.07, 6.45) is 7.63. The van der Waals surface area contributed by atoms with Crippen molar-refractivity contribution < 1.29 is 19.0 Å². The number of benzene rings is 1. The van der Waals surface area contributed by atoms with Crippen molar-refractivity contribution in [1.29, 1.82) is 0 Å². The van der Waals surface area contributed by atoms with Crippen LogP contribution >= 0.6 is 0 Å². The molecule has 4 aliphatic rings. The van der Waals surface area contributed by atoms with E-state index in [-0.39, 0.29) is 23.7 Å². The first-order valence-corrected chi connectivity index (χ1v) is 11.0. The molecule has 0 saturated heterocycles. The molecule has 29 heavy (non-hydrogen) atoms. The van der Waals surface area contributed by atoms with Gasteiger partial charge in [0.15, 0.2) is 0 Å². The lowest BCUT2D eigenvalue weighted by Crippen LogP contribution is -2.45. The maximum absolute atomic E-state index is 11.6. The zero-order chi connectivity index (χ0) is 20.3. The number of ether oxygens (including phenoxy) is 3. The monoisotopic (exact) mass is 394 g/mol. The lowest BCUT2D eigenvalue weighted by Gasteiger charge is -2.50. The Kier molecular flexibility index (Phi) is 4.18. The van der Waals surface area contributed by atoms with Crippen LogP contribution in [0.3, 0.4) is 0 Å². The normalized spacial score (nSPS) is 35.8. The van der Waals surface area contributed by atoms with E-state index in [1.807, 2.05) is 6.07 Å². The summed E-state index contributed by atoms with van der Waals surface area (Å²) in [7, 11) is 0. The van der Waals surface area contributed by atoms with Gasteiger partial charge in [-0.15, -0.1) is 5.92 Å². The van der Waals surface area contributed by atoms with Gasteiger partial charge >= 0.3 is 6.16 Å². The van der Waals surface area contributed by atoms with Gasteiger partial charge in [0.05, 0.1) is 6.10 Å². The van der Waals surface area contributed by atoms with Crippen LogP contribution in [0.2, 0.25) is 0 Å². The van der Waals surface area contributed by atoms with Crippen LogP contribution in [0.1, 0.15) is 70.4 Å². The fourth-order valence-electron chi connectivity index (χ4n) is 7.10. The number of carbonyl (C=O) groups excluding carboxylic acids is 1. The fraction of sp³-hybridized carbons (Fsp3) is 0.640. The molecule has 2 bridgehead atoms. The first-order chi connectivity index (χ1) is 13.9. The van der Waals surface area contributed by atoms with E-state index in [0.717, 1.165) is 18.6 Å². The maximum Gasteiger partial charge on any atom is 0.511 e. The van der Waals surface area contributed by atoms with Crippen molar-refractivity contribution in [2.75, 3.05) is 6.79 Å². The molecular formula is C25H30O4. The third kappa shape index (κ3) is 2.62. The fourth-order valence-corrected chi connectivity index (χ4v) is 7.10. The molecule has 0 radical (unpaired) electrons. The summed E-state index contributed by atoms with van der Waals surface area (Å²) in [5.41, 5.74) is 3.69. The zero-order valence-electron chi connectivity index (χ0n) is 17.7. The van der Waals surface area contributed by atoms with Gasteiger partial charge in [-0.3, -0.25) is 0 Å². The highest BCUT2D eigenvalue weighted by atomic mass is 16.8. The quantitative estimate of drug-likeness (QED) is 0.391. The Morgan fingerprint density at radius 1 is 1.28 bits per heavy atom. The van der Waals surface area contributed by atoms with Gasteiger partial charge < -0.3 is 14.2 Å². The van der Waals surface area contributed by atoms with Gasteiger partial charge in [-0.1, -0.05) is 31.8 Å². The number of rotatable bonds is 4. The zero-order valence-corrected chi connectivity index (χ0v) is 17.7. The molecule has 4 aliphatic carbocycles. The standard InChI is InChI=1S/C25H30O4/c1-17(2)29-22(26)28-16-27-19-9-8-18-14-24-11-6-7-21(24)23(3)10-4-5-12-25(23,15-24)20(18)13-19/h8-9,13,17,21H,4-5,10-12,14-16H2,1-3H3/t21-,23-,24?,25-/m1/s1. The molecule has 1 unspecified atom stereocenters. The summed E-state index contributed by atoms with van der Waals surface area (Å²) in [4.78, 5) is 11.6. The molecule has 4 heteroatoms. The van der Waals surface area contributed by atoms with Gasteiger partial charge in [0.2, 0.25) is 6.79 Å². The van der Waals surface area contributed by atoms with Gasteiger partial charge in [-0.25, -0.2) is 4.79 Å². The summed E-state index contributed by atoms with van der Waals surface area (Å²) < 4.78 is 15.8. The number of carbonyl (C=O) groups is 1. The van der Waals surface area contributed by atoms with Crippen molar-refractivity contribution in [3.8, 4) is 17.6 Å². The minimum absolute atomic E-state index is 0.132. The van der Waals surface area contributed by atoms with Crippen LogP contribution in [-0.2, 0) is 21.3 Å². The average molecular weight is 395 g/mol. The summed E-state index contributed by atoms with van der Waals surface area (Å²) in [5, 5.41) is 0. The van der Waals surface area contributed by atoms with Gasteiger partial charge in [-0.05, 0) is 68.2 Å². The van der Waals surface area contributed by atoms with Crippen LogP contribution in [0.5, 0.6) is 5.75 Å². The van der Waals surface area contributed by atoms with E-state index in [0.29, 0.717) is 11.3 Å². The molecule has 0 N–H and O–H groups in total. The summed E-state index contributed by atoms with van der Waals surface area (Å²) in [6, 6.07) is 6.46. The van der Waals surface area contributed by atoms with E-state index < -0.39 is 6.16 Å². The highest BCUT2D eigenvalue weighted by Gasteiger charge is 2.70. The molecule has 0 heterocycles. The first kappa shape index (κ1) is 18.9. The predicted octanol–water partition coefficient (Wildman–Crippen LogP) is 5.37. The second kappa shape index (κ2) is 6.42. The molecule has 5 rings (SSSR count). The van der Waals surface area contributed by atoms with Crippen molar-refractivity contribution in [1.82, 2.24) is 0 Å². The molecule has 2 saturated carbocycles. The van der Waals surface area contributed by atoms with Crippen molar-refractivity contribution in [3.05, 3.63) is 29.3 Å². The van der Waals surface area contributed by atoms with Gasteiger partial charge in [0.25, 0.3) is 0 Å². The van der Waals surface area contributed by atoms with E-state index in [2.05, 4.69) is 30.9 Å². The lowest BCUT2D eigenvalue weighted by atomic mass is 9.53. The molecule has 4 atom stereocenters. The molecule has 1 aromatic rings. The maximum atomic E-state index is 11.6. The Morgan fingerprint density at radius 3 is 2.93 bits per heavy atom. The SMILES string of the molecule is CC(C)OC(=O)OCOc1ccc2c(c1)[C@]13CCCC[C@]1(C)[C@H]1C#CCC1(C2)C3. The van der Waals surface area contributed by atoms with Crippen LogP contribution in [0.25, 0.3) is 0 Å². The van der Waals surface area contributed by atoms with E-state index in [1.54, 1.807) is 13.8 Å². The second-order valence-electron chi connectivity index (χ2n) is 10.00. The summed E-state index contributed by atoms with van der Waals surface area (Å²) in [5.74, 6) is 8.44. The summed E-state index contributed by atoms with van der Waals surface area (Å²) in [6.45, 7) is 5.96. The van der Waals surface area contributed by atoms with E-state index in [9.17, 15) is 4.79 Å². The molecular weight excluding hydrogens is 364 g/mol. The van der Waals surface area contributed by atoms with Gasteiger partial charge in [0, 0.05) is 23.2 Å². The third-order valence-corrected chi connectivity index (χ3v) is 8.11. The molecule has 154 valence electrons. The minimum atomic E-state index is -0.694. The van der Waals surface area contributed by atoms with Crippen molar-refractivity contribution in [3.63, 3.8) is 0 Å². The smallest absolute Gasteiger partial charge is 0.457 e. The number of hydrogen-bond acceptors (Lipinski definition) is 4. The number of fused-ring (bicyclic) bond motifs is 2. The first-order valence-electron chi connectivity index (χ1n) is 11.0. The Bertz CT molecular complexity index is 909. The van der Waals surface area contributed by atoms with E-state index in [4.69, 9.17) is 14.2 Å². The van der Waals surface area contributed by atoms with Crippen molar-refractivity contribution in [2.24, 2.45) is 16.7 Å². The minimum Gasteiger partial charge on any atom is -0.457 e. The highest BCUT2D eigenvalue weighted by Crippen LogP contribution is 2.75. The Balaban J connectivity index is 1.43. The van der Waals surface area contributed by atoms with Crippen LogP contribution < -0.4 is 4.74 Å². The van der Waals surface area contributed by atoms with E-state index in [1.165, 1.54) is 43.2 Å². The van der Waals surface area contributed by atoms with E-state index >= 15 is 0 Å². The van der Waals surface area contributed by atoms with Crippen LogP contribution in [0, 0.1) is 28.6 Å². The topological polar surface area (TPSA) is 44.8 Å². The average Bonchev–Trinajstić information content (AvgIpc) is 3.13. The molecule has 0 amide bonds. The largest absolute Gasteiger partial charge is 0.511 e.